The van der Waals surface area contributed by atoms with Crippen LogP contribution in [0.4, 0.5) is 4.39 Å². The lowest BCUT2D eigenvalue weighted by Crippen LogP contribution is -2.40. The fourth-order valence-corrected chi connectivity index (χ4v) is 4.76. The highest BCUT2D eigenvalue weighted by Crippen LogP contribution is 2.66. The summed E-state index contributed by atoms with van der Waals surface area (Å²) in [5, 5.41) is 9.65. The maximum atomic E-state index is 14.3. The van der Waals surface area contributed by atoms with E-state index in [2.05, 4.69) is 13.1 Å². The predicted octanol–water partition coefficient (Wildman–Crippen LogP) is 0.411. The molecule has 0 spiro atoms. The summed E-state index contributed by atoms with van der Waals surface area (Å²) in [6.07, 6.45) is -2.47. The van der Waals surface area contributed by atoms with Crippen molar-refractivity contribution in [2.75, 3.05) is 6.61 Å². The number of phosphoric acid groups is 3. The van der Waals surface area contributed by atoms with Crippen molar-refractivity contribution in [1.82, 2.24) is 0 Å². The molecule has 16 heteroatoms. The summed E-state index contributed by atoms with van der Waals surface area (Å²) in [6, 6.07) is 0. The van der Waals surface area contributed by atoms with Gasteiger partial charge in [0, 0.05) is 5.92 Å². The number of ether oxygens (including phenoxy) is 1. The fourth-order valence-electron chi connectivity index (χ4n) is 1.73. The van der Waals surface area contributed by atoms with E-state index in [-0.39, 0.29) is 0 Å². The van der Waals surface area contributed by atoms with Crippen molar-refractivity contribution in [3.63, 3.8) is 0 Å². The Hall–Kier alpha value is 0.260. The summed E-state index contributed by atoms with van der Waals surface area (Å²) in [6.45, 7) is 1.52. The lowest BCUT2D eigenvalue weighted by Gasteiger charge is -2.24. The zero-order valence-corrected chi connectivity index (χ0v) is 14.4. The molecule has 0 aliphatic carbocycles. The van der Waals surface area contributed by atoms with E-state index >= 15 is 0 Å². The number of alkyl halides is 1. The van der Waals surface area contributed by atoms with Gasteiger partial charge in [-0.1, -0.05) is 6.92 Å². The molecule has 1 aliphatic heterocycles. The minimum absolute atomic E-state index is 0.676. The molecule has 0 aromatic carbocycles. The molecule has 1 fully saturated rings. The van der Waals surface area contributed by atoms with Crippen LogP contribution in [0, 0.1) is 5.92 Å². The van der Waals surface area contributed by atoms with Crippen LogP contribution < -0.4 is 0 Å². The first-order valence-corrected chi connectivity index (χ1v) is 10.4. The number of phosphoric ester groups is 1. The van der Waals surface area contributed by atoms with Gasteiger partial charge in [-0.2, -0.15) is 8.62 Å². The average molecular weight is 404 g/mol. The maximum absolute atomic E-state index is 14.3. The van der Waals surface area contributed by atoms with Crippen molar-refractivity contribution in [1.29, 1.82) is 0 Å². The van der Waals surface area contributed by atoms with Crippen molar-refractivity contribution in [3.05, 3.63) is 0 Å². The van der Waals surface area contributed by atoms with Gasteiger partial charge in [0.2, 0.25) is 0 Å². The van der Waals surface area contributed by atoms with Gasteiger partial charge in [-0.05, 0) is 6.92 Å². The van der Waals surface area contributed by atoms with Crippen LogP contribution in [0.5, 0.6) is 0 Å². The molecule has 0 amide bonds. The first kappa shape index (κ1) is 21.3. The molecule has 1 heterocycles. The topological polar surface area (TPSA) is 189 Å². The van der Waals surface area contributed by atoms with Crippen molar-refractivity contribution >= 4 is 23.5 Å². The van der Waals surface area contributed by atoms with E-state index in [1.165, 1.54) is 13.8 Å². The number of halogens is 1. The number of aliphatic hydroxyl groups excluding tert-OH is 1. The third kappa shape index (κ3) is 6.24. The molecule has 23 heavy (non-hydrogen) atoms. The second-order valence-corrected chi connectivity index (χ2v) is 9.20. The Morgan fingerprint density at radius 1 is 1.09 bits per heavy atom. The molecule has 1 aliphatic rings. The first-order valence-electron chi connectivity index (χ1n) is 5.90. The quantitative estimate of drug-likeness (QED) is 0.368. The van der Waals surface area contributed by atoms with Gasteiger partial charge in [0.25, 0.3) is 5.85 Å². The van der Waals surface area contributed by atoms with Gasteiger partial charge in [0.1, 0.15) is 12.7 Å². The fraction of sp³-hybridized carbons (Fsp3) is 1.00. The number of hydrogen-bond acceptors (Lipinski definition) is 8. The van der Waals surface area contributed by atoms with Gasteiger partial charge in [-0.25, -0.2) is 18.1 Å². The summed E-state index contributed by atoms with van der Waals surface area (Å²) in [4.78, 5) is 34.8. The molecule has 12 nitrogen and oxygen atoms in total. The Kier molecular flexibility index (Phi) is 6.37. The molecule has 6 unspecified atom stereocenters. The van der Waals surface area contributed by atoms with E-state index < -0.39 is 54.1 Å². The summed E-state index contributed by atoms with van der Waals surface area (Å²) >= 11 is 0. The van der Waals surface area contributed by atoms with Crippen LogP contribution >= 0.6 is 23.5 Å². The monoisotopic (exact) mass is 404 g/mol. The molecule has 0 aromatic heterocycles. The second-order valence-electron chi connectivity index (χ2n) is 4.78. The third-order valence-electron chi connectivity index (χ3n) is 2.90. The third-order valence-corrected chi connectivity index (χ3v) is 6.69. The van der Waals surface area contributed by atoms with E-state index in [1.807, 2.05) is 0 Å². The number of rotatable bonds is 7. The van der Waals surface area contributed by atoms with Crippen molar-refractivity contribution in [2.24, 2.45) is 5.92 Å². The first-order chi connectivity index (χ1) is 10.1. The van der Waals surface area contributed by atoms with E-state index in [0.717, 1.165) is 0 Å². The molecular weight excluding hydrogens is 388 g/mol. The van der Waals surface area contributed by atoms with Crippen LogP contribution in [0.2, 0.25) is 0 Å². The SMILES string of the molecule is CC1OC(F)(COP(=O)(O)OP(=O)(O)OP(=O)(O)O)C(O)C1C. The minimum atomic E-state index is -5.69. The van der Waals surface area contributed by atoms with Gasteiger partial charge in [0.15, 0.2) is 0 Å². The molecule has 0 saturated carbocycles. The van der Waals surface area contributed by atoms with Crippen molar-refractivity contribution in [2.45, 2.75) is 31.9 Å². The van der Waals surface area contributed by atoms with Crippen molar-refractivity contribution < 1.29 is 60.6 Å². The standard InChI is InChI=1S/C7H16FO12P3/c1-4-5(2)18-7(8,6(4)9)3-17-22(13,14)20-23(15,16)19-21(10,11)12/h4-6,9H,3H2,1-2H3,(H,13,14)(H,15,16)(H2,10,11,12). The molecule has 0 radical (unpaired) electrons. The zero-order chi connectivity index (χ0) is 18.3. The number of hydrogen-bond donors (Lipinski definition) is 5. The maximum Gasteiger partial charge on any atom is 0.490 e. The van der Waals surface area contributed by atoms with Crippen LogP contribution in [0.3, 0.4) is 0 Å². The second kappa shape index (κ2) is 6.87. The van der Waals surface area contributed by atoms with Gasteiger partial charge >= 0.3 is 23.5 Å². The molecule has 138 valence electrons. The van der Waals surface area contributed by atoms with Crippen LogP contribution in [0.15, 0.2) is 0 Å². The highest BCUT2D eigenvalue weighted by molar-refractivity contribution is 7.66. The van der Waals surface area contributed by atoms with E-state index in [0.29, 0.717) is 0 Å². The van der Waals surface area contributed by atoms with E-state index in [9.17, 15) is 28.1 Å². The lowest BCUT2D eigenvalue weighted by atomic mass is 9.99. The summed E-state index contributed by atoms with van der Waals surface area (Å²) in [5.74, 6) is -3.56. The summed E-state index contributed by atoms with van der Waals surface area (Å²) < 4.78 is 62.9. The van der Waals surface area contributed by atoms with Crippen LogP contribution in [0.1, 0.15) is 13.8 Å². The number of aliphatic hydroxyl groups is 1. The van der Waals surface area contributed by atoms with Gasteiger partial charge in [-0.3, -0.25) is 4.52 Å². The van der Waals surface area contributed by atoms with Crippen molar-refractivity contribution in [3.8, 4) is 0 Å². The summed E-state index contributed by atoms with van der Waals surface area (Å²) in [7, 11) is -16.7. The minimum Gasteiger partial charge on any atom is -0.387 e. The molecule has 1 saturated heterocycles. The molecule has 0 aromatic rings. The Labute approximate surface area is 129 Å². The van der Waals surface area contributed by atoms with E-state index in [4.69, 9.17) is 19.4 Å². The highest BCUT2D eigenvalue weighted by Gasteiger charge is 2.54. The Balaban J connectivity index is 2.71. The van der Waals surface area contributed by atoms with Gasteiger partial charge < -0.3 is 29.4 Å². The predicted molar refractivity (Wildman–Crippen MR) is 69.4 cm³/mol. The Morgan fingerprint density at radius 2 is 1.61 bits per heavy atom. The molecule has 0 bridgehead atoms. The largest absolute Gasteiger partial charge is 0.490 e. The van der Waals surface area contributed by atoms with Gasteiger partial charge in [-0.15, -0.1) is 0 Å². The Bertz CT molecular complexity index is 577. The van der Waals surface area contributed by atoms with E-state index in [1.54, 1.807) is 0 Å². The highest BCUT2D eigenvalue weighted by atomic mass is 31.3. The van der Waals surface area contributed by atoms with Gasteiger partial charge in [0.05, 0.1) is 6.10 Å². The average Bonchev–Trinajstić information content (AvgIpc) is 2.47. The zero-order valence-electron chi connectivity index (χ0n) is 11.8. The lowest BCUT2D eigenvalue weighted by molar-refractivity contribution is -0.190. The Morgan fingerprint density at radius 3 is 2.00 bits per heavy atom. The summed E-state index contributed by atoms with van der Waals surface area (Å²) in [5.41, 5.74) is 0. The molecule has 6 atom stereocenters. The normalized spacial score (nSPS) is 37.3. The molecular formula is C7H16FO12P3. The molecule has 1 rings (SSSR count). The van der Waals surface area contributed by atoms with Crippen LogP contribution in [-0.2, 0) is 31.6 Å². The van der Waals surface area contributed by atoms with Crippen LogP contribution in [0.25, 0.3) is 0 Å². The van der Waals surface area contributed by atoms with Crippen LogP contribution in [-0.4, -0.2) is 49.3 Å². The molecule has 5 N–H and O–H groups in total. The smallest absolute Gasteiger partial charge is 0.387 e.